The second kappa shape index (κ2) is 4.59. The van der Waals surface area contributed by atoms with Crippen molar-refractivity contribution in [3.8, 4) is 11.8 Å². The molecule has 0 radical (unpaired) electrons. The Balaban J connectivity index is 1.72. The molecule has 0 aromatic heterocycles. The molecule has 22 heavy (non-hydrogen) atoms. The van der Waals surface area contributed by atoms with Crippen LogP contribution in [0.1, 0.15) is 49.7 Å². The number of phenols is 1. The third-order valence-electron chi connectivity index (χ3n) is 6.62. The second-order valence-corrected chi connectivity index (χ2v) is 7.54. The summed E-state index contributed by atoms with van der Waals surface area (Å²) in [6.45, 7) is 2.10. The zero-order valence-corrected chi connectivity index (χ0v) is 12.9. The molecule has 1 N–H and O–H groups in total. The summed E-state index contributed by atoms with van der Waals surface area (Å²) in [6, 6.07) is 7.99. The lowest BCUT2D eigenvalue weighted by molar-refractivity contribution is -0.130. The van der Waals surface area contributed by atoms with E-state index in [4.69, 9.17) is 0 Å². The molecule has 2 saturated carbocycles. The van der Waals surface area contributed by atoms with Crippen molar-refractivity contribution in [3.05, 3.63) is 29.3 Å². The lowest BCUT2D eigenvalue weighted by Gasteiger charge is -2.48. The van der Waals surface area contributed by atoms with Crippen molar-refractivity contribution in [1.29, 1.82) is 5.26 Å². The van der Waals surface area contributed by atoms with Crippen LogP contribution in [0.2, 0.25) is 0 Å². The third-order valence-corrected chi connectivity index (χ3v) is 6.62. The van der Waals surface area contributed by atoms with Crippen molar-refractivity contribution in [3.63, 3.8) is 0 Å². The van der Waals surface area contributed by atoms with Gasteiger partial charge >= 0.3 is 0 Å². The molecule has 114 valence electrons. The molecular formula is C19H21NO2. The van der Waals surface area contributed by atoms with Crippen LogP contribution in [0.15, 0.2) is 18.2 Å². The number of ketones is 1. The summed E-state index contributed by atoms with van der Waals surface area (Å²) in [7, 11) is 0. The topological polar surface area (TPSA) is 61.1 Å². The Bertz CT molecular complexity index is 689. The van der Waals surface area contributed by atoms with Gasteiger partial charge in [0.15, 0.2) is 5.78 Å². The van der Waals surface area contributed by atoms with Crippen LogP contribution in [0.3, 0.4) is 0 Å². The zero-order valence-electron chi connectivity index (χ0n) is 12.9. The number of Topliss-reactive ketones (excluding diaryl/α,β-unsaturated/α-hetero) is 1. The van der Waals surface area contributed by atoms with Gasteiger partial charge in [-0.15, -0.1) is 0 Å². The maximum atomic E-state index is 12.6. The summed E-state index contributed by atoms with van der Waals surface area (Å²) >= 11 is 0. The van der Waals surface area contributed by atoms with E-state index in [1.807, 2.05) is 6.07 Å². The van der Waals surface area contributed by atoms with Gasteiger partial charge < -0.3 is 5.11 Å². The average molecular weight is 295 g/mol. The summed E-state index contributed by atoms with van der Waals surface area (Å²) < 4.78 is 0. The highest BCUT2D eigenvalue weighted by Gasteiger charge is 2.58. The van der Waals surface area contributed by atoms with Crippen molar-refractivity contribution in [2.75, 3.05) is 0 Å². The van der Waals surface area contributed by atoms with Gasteiger partial charge in [0.2, 0.25) is 0 Å². The number of benzene rings is 1. The maximum absolute atomic E-state index is 12.6. The van der Waals surface area contributed by atoms with Crippen molar-refractivity contribution in [1.82, 2.24) is 0 Å². The van der Waals surface area contributed by atoms with Crippen LogP contribution in [0.4, 0.5) is 0 Å². The zero-order chi connectivity index (χ0) is 15.5. The van der Waals surface area contributed by atoms with Gasteiger partial charge in [0, 0.05) is 5.41 Å². The molecule has 5 atom stereocenters. The molecule has 2 fully saturated rings. The summed E-state index contributed by atoms with van der Waals surface area (Å²) in [5.41, 5.74) is 2.35. The highest BCUT2D eigenvalue weighted by molar-refractivity contribution is 5.91. The van der Waals surface area contributed by atoms with E-state index in [1.165, 1.54) is 11.1 Å². The Morgan fingerprint density at radius 3 is 2.95 bits per heavy atom. The molecule has 1 aromatic carbocycles. The van der Waals surface area contributed by atoms with Gasteiger partial charge in [0.25, 0.3) is 0 Å². The minimum absolute atomic E-state index is 0.190. The predicted molar refractivity (Wildman–Crippen MR) is 82.2 cm³/mol. The lowest BCUT2D eigenvalue weighted by atomic mass is 9.55. The number of aromatic hydroxyl groups is 1. The monoisotopic (exact) mass is 295 g/mol. The third kappa shape index (κ3) is 1.70. The van der Waals surface area contributed by atoms with E-state index < -0.39 is 5.92 Å². The van der Waals surface area contributed by atoms with E-state index in [-0.39, 0.29) is 11.2 Å². The fourth-order valence-corrected chi connectivity index (χ4v) is 5.50. The molecule has 0 heterocycles. The minimum Gasteiger partial charge on any atom is -0.508 e. The van der Waals surface area contributed by atoms with E-state index in [1.54, 1.807) is 6.07 Å². The van der Waals surface area contributed by atoms with Crippen LogP contribution in [0.5, 0.6) is 5.75 Å². The van der Waals surface area contributed by atoms with E-state index >= 15 is 0 Å². The fourth-order valence-electron chi connectivity index (χ4n) is 5.50. The number of fused-ring (bicyclic) bond motifs is 5. The normalized spacial score (nSPS) is 39.5. The Morgan fingerprint density at radius 2 is 2.18 bits per heavy atom. The largest absolute Gasteiger partial charge is 0.508 e. The SMILES string of the molecule is C[C@]12CC[C@@H]3c4ccc(O)cc4CC[C@H]3[C@@H]1CC(C#N)C2=O. The Hall–Kier alpha value is -1.82. The number of rotatable bonds is 0. The standard InChI is InChI=1S/C19H21NO2/c1-19-7-6-15-14-5-3-13(21)8-11(14)2-4-16(15)17(19)9-12(10-20)18(19)22/h3,5,8,12,15-17,21H,2,4,6-7,9H2,1H3/t12?,15-,16-,17+,19+/m1/s1. The summed E-state index contributed by atoms with van der Waals surface area (Å²) in [5, 5.41) is 19.0. The van der Waals surface area contributed by atoms with Gasteiger partial charge in [0.1, 0.15) is 11.7 Å². The lowest BCUT2D eigenvalue weighted by Crippen LogP contribution is -2.42. The Kier molecular flexibility index (Phi) is 2.88. The number of carbonyl (C=O) groups is 1. The molecular weight excluding hydrogens is 274 g/mol. The number of hydrogen-bond donors (Lipinski definition) is 1. The fraction of sp³-hybridized carbons (Fsp3) is 0.579. The first-order chi connectivity index (χ1) is 10.5. The molecule has 0 saturated heterocycles. The summed E-state index contributed by atoms with van der Waals surface area (Å²) in [6.07, 6.45) is 4.73. The second-order valence-electron chi connectivity index (χ2n) is 7.54. The van der Waals surface area contributed by atoms with E-state index in [9.17, 15) is 15.2 Å². The molecule has 4 rings (SSSR count). The summed E-state index contributed by atoms with van der Waals surface area (Å²) in [4.78, 5) is 12.6. The van der Waals surface area contributed by atoms with Crippen LogP contribution >= 0.6 is 0 Å². The predicted octanol–water partition coefficient (Wildman–Crippen LogP) is 3.57. The number of hydrogen-bond acceptors (Lipinski definition) is 3. The van der Waals surface area contributed by atoms with E-state index in [2.05, 4.69) is 19.1 Å². The number of nitriles is 1. The molecule has 0 aliphatic heterocycles. The van der Waals surface area contributed by atoms with Crippen LogP contribution in [-0.4, -0.2) is 10.9 Å². The first-order valence-electron chi connectivity index (χ1n) is 8.30. The van der Waals surface area contributed by atoms with Crippen LogP contribution in [0.25, 0.3) is 0 Å². The molecule has 3 aliphatic carbocycles. The van der Waals surface area contributed by atoms with Crippen molar-refractivity contribution < 1.29 is 9.90 Å². The van der Waals surface area contributed by atoms with Crippen LogP contribution < -0.4 is 0 Å². The van der Waals surface area contributed by atoms with E-state index in [0.717, 1.165) is 32.1 Å². The van der Waals surface area contributed by atoms with Gasteiger partial charge in [-0.05, 0) is 73.1 Å². The number of carbonyl (C=O) groups excluding carboxylic acids is 1. The van der Waals surface area contributed by atoms with Gasteiger partial charge in [-0.2, -0.15) is 5.26 Å². The van der Waals surface area contributed by atoms with Gasteiger partial charge in [-0.1, -0.05) is 13.0 Å². The Labute approximate surface area is 131 Å². The summed E-state index contributed by atoms with van der Waals surface area (Å²) in [5.74, 6) is 1.50. The highest BCUT2D eigenvalue weighted by Crippen LogP contribution is 2.60. The average Bonchev–Trinajstić information content (AvgIpc) is 2.78. The Morgan fingerprint density at radius 1 is 1.36 bits per heavy atom. The van der Waals surface area contributed by atoms with Crippen LogP contribution in [0, 0.1) is 34.5 Å². The highest BCUT2D eigenvalue weighted by atomic mass is 16.3. The van der Waals surface area contributed by atoms with Crippen LogP contribution in [-0.2, 0) is 11.2 Å². The molecule has 3 heteroatoms. The molecule has 3 aliphatic rings. The smallest absolute Gasteiger partial charge is 0.156 e. The van der Waals surface area contributed by atoms with E-state index in [0.29, 0.717) is 23.5 Å². The molecule has 3 nitrogen and oxygen atoms in total. The number of nitrogens with zero attached hydrogens (tertiary/aromatic N) is 1. The molecule has 0 amide bonds. The minimum atomic E-state index is -0.394. The molecule has 0 bridgehead atoms. The quantitative estimate of drug-likeness (QED) is 0.796. The molecule has 1 aromatic rings. The maximum Gasteiger partial charge on any atom is 0.156 e. The van der Waals surface area contributed by atoms with Crippen molar-refractivity contribution in [2.24, 2.45) is 23.2 Å². The first-order valence-corrected chi connectivity index (χ1v) is 8.30. The molecule has 1 unspecified atom stereocenters. The van der Waals surface area contributed by atoms with Crippen molar-refractivity contribution >= 4 is 5.78 Å². The van der Waals surface area contributed by atoms with Crippen molar-refractivity contribution in [2.45, 2.75) is 44.9 Å². The first kappa shape index (κ1) is 13.8. The number of phenolic OH excluding ortho intramolecular Hbond substituents is 1. The van der Waals surface area contributed by atoms with Gasteiger partial charge in [-0.25, -0.2) is 0 Å². The van der Waals surface area contributed by atoms with Gasteiger partial charge in [0.05, 0.1) is 6.07 Å². The number of aryl methyl sites for hydroxylation is 1. The van der Waals surface area contributed by atoms with Gasteiger partial charge in [-0.3, -0.25) is 4.79 Å². The molecule has 0 spiro atoms.